The van der Waals surface area contributed by atoms with Crippen molar-refractivity contribution in [3.8, 4) is 0 Å². The molecule has 7 nitrogen and oxygen atoms in total. The Kier molecular flexibility index (Phi) is 9.81. The van der Waals surface area contributed by atoms with Crippen molar-refractivity contribution in [3.63, 3.8) is 0 Å². The molecule has 1 amide bonds. The maximum atomic E-state index is 13.7. The molecule has 0 unspecified atom stereocenters. The van der Waals surface area contributed by atoms with E-state index in [1.165, 1.54) is 4.90 Å². The molecule has 15 heteroatoms. The van der Waals surface area contributed by atoms with Crippen molar-refractivity contribution in [1.82, 2.24) is 14.8 Å². The Labute approximate surface area is 261 Å². The van der Waals surface area contributed by atoms with E-state index in [2.05, 4.69) is 9.71 Å². The molecule has 0 spiro atoms. The highest BCUT2D eigenvalue weighted by Gasteiger charge is 2.39. The number of aromatic nitrogens is 1. The number of amides is 1. The number of alkyl halides is 6. The Hall–Kier alpha value is -3.75. The first-order valence-electron chi connectivity index (χ1n) is 13.5. The lowest BCUT2D eigenvalue weighted by Gasteiger charge is -2.42. The number of hydrogen-bond acceptors (Lipinski definition) is 4. The topological polar surface area (TPSA) is 85.5 Å². The van der Waals surface area contributed by atoms with Crippen LogP contribution < -0.4 is 4.72 Å². The van der Waals surface area contributed by atoms with Gasteiger partial charge in [0.1, 0.15) is 0 Å². The van der Waals surface area contributed by atoms with Gasteiger partial charge in [0.25, 0.3) is 5.91 Å². The lowest BCUT2D eigenvalue weighted by molar-refractivity contribution is -0.143. The number of hydrogen-bond donors (Lipinski definition) is 2. The number of carbonyl (C=O) groups is 1. The van der Waals surface area contributed by atoms with Crippen LogP contribution >= 0.6 is 12.4 Å². The van der Waals surface area contributed by atoms with Gasteiger partial charge in [-0.3, -0.25) is 14.4 Å². The fourth-order valence-electron chi connectivity index (χ4n) is 5.45. The first kappa shape index (κ1) is 34.1. The van der Waals surface area contributed by atoms with Crippen LogP contribution in [0.15, 0.2) is 72.9 Å². The van der Waals surface area contributed by atoms with Gasteiger partial charge in [-0.15, -0.1) is 12.4 Å². The van der Waals surface area contributed by atoms with Crippen LogP contribution in [-0.2, 0) is 35.3 Å². The Morgan fingerprint density at radius 2 is 1.56 bits per heavy atom. The number of carbonyl (C=O) groups excluding carboxylic acids is 1. The second kappa shape index (κ2) is 12.9. The van der Waals surface area contributed by atoms with Crippen LogP contribution in [0.2, 0.25) is 0 Å². The van der Waals surface area contributed by atoms with E-state index in [1.807, 2.05) is 29.2 Å². The van der Waals surface area contributed by atoms with Gasteiger partial charge >= 0.3 is 12.4 Å². The molecule has 4 aromatic rings. The zero-order valence-corrected chi connectivity index (χ0v) is 25.4. The van der Waals surface area contributed by atoms with Gasteiger partial charge < -0.3 is 9.88 Å². The fourth-order valence-corrected chi connectivity index (χ4v) is 6.02. The number of para-hydroxylation sites is 1. The number of nitrogens with one attached hydrogen (secondary N) is 2. The van der Waals surface area contributed by atoms with Crippen LogP contribution in [-0.4, -0.2) is 61.0 Å². The molecule has 0 bridgehead atoms. The molecule has 1 atom stereocenters. The molecular formula is C30H29ClF6N4O3S. The monoisotopic (exact) mass is 674 g/mol. The van der Waals surface area contributed by atoms with Crippen LogP contribution in [0.1, 0.15) is 32.6 Å². The van der Waals surface area contributed by atoms with E-state index in [4.69, 9.17) is 0 Å². The molecule has 1 aromatic heterocycles. The minimum absolute atomic E-state index is 0. The molecule has 0 radical (unpaired) electrons. The second-order valence-corrected chi connectivity index (χ2v) is 12.6. The third kappa shape index (κ3) is 8.30. The van der Waals surface area contributed by atoms with Crippen molar-refractivity contribution >= 4 is 44.9 Å². The van der Waals surface area contributed by atoms with Crippen molar-refractivity contribution in [2.45, 2.75) is 31.4 Å². The van der Waals surface area contributed by atoms with Gasteiger partial charge in [-0.25, -0.2) is 8.42 Å². The standard InChI is InChI=1S/C30H28F6N4O3S.ClH/c1-44(42,43)38-24-8-6-19(7-9-24)17-39-10-11-40(25(18-39)14-21-16-37-27-5-3-2-4-26(21)27)28(41)20-12-22(29(31,32)33)15-23(13-20)30(34,35)36;/h2-9,12-13,15-16,25,37-38H,10-11,14,17-18H2,1H3;1H/t25-;/m1./s1. The SMILES string of the molecule is CS(=O)(=O)Nc1ccc(CN2CCN(C(=O)c3cc(C(F)(F)F)cc(C(F)(F)F)c3)[C@H](Cc3c[nH]c4ccccc34)C2)cc1.Cl. The largest absolute Gasteiger partial charge is 0.416 e. The van der Waals surface area contributed by atoms with Crippen LogP contribution in [0.3, 0.4) is 0 Å². The van der Waals surface area contributed by atoms with Crippen molar-refractivity contribution in [2.24, 2.45) is 0 Å². The van der Waals surface area contributed by atoms with Crippen molar-refractivity contribution in [3.05, 3.63) is 101 Å². The number of benzene rings is 3. The summed E-state index contributed by atoms with van der Waals surface area (Å²) >= 11 is 0. The van der Waals surface area contributed by atoms with Crippen LogP contribution in [0.5, 0.6) is 0 Å². The maximum Gasteiger partial charge on any atom is 0.416 e. The van der Waals surface area contributed by atoms with Crippen LogP contribution in [0.4, 0.5) is 32.0 Å². The number of rotatable bonds is 7. The number of aromatic amines is 1. The summed E-state index contributed by atoms with van der Waals surface area (Å²) < 4.78 is 107. The van der Waals surface area contributed by atoms with E-state index < -0.39 is 51.0 Å². The second-order valence-electron chi connectivity index (χ2n) is 10.8. The summed E-state index contributed by atoms with van der Waals surface area (Å²) in [7, 11) is -3.45. The average molecular weight is 675 g/mol. The Morgan fingerprint density at radius 1 is 0.933 bits per heavy atom. The van der Waals surface area contributed by atoms with Gasteiger partial charge in [-0.05, 0) is 53.9 Å². The van der Waals surface area contributed by atoms with Crippen molar-refractivity contribution in [2.75, 3.05) is 30.6 Å². The number of H-pyrrole nitrogens is 1. The molecule has 242 valence electrons. The zero-order valence-electron chi connectivity index (χ0n) is 23.7. The van der Waals surface area contributed by atoms with E-state index in [0.717, 1.165) is 28.3 Å². The lowest BCUT2D eigenvalue weighted by Crippen LogP contribution is -2.55. The van der Waals surface area contributed by atoms with Gasteiger partial charge in [-0.1, -0.05) is 30.3 Å². The summed E-state index contributed by atoms with van der Waals surface area (Å²) in [5.41, 5.74) is -0.832. The molecular weight excluding hydrogens is 646 g/mol. The summed E-state index contributed by atoms with van der Waals surface area (Å²) in [4.78, 5) is 20.2. The highest BCUT2D eigenvalue weighted by Crippen LogP contribution is 2.37. The molecule has 2 heterocycles. The number of anilines is 1. The smallest absolute Gasteiger partial charge is 0.361 e. The number of fused-ring (bicyclic) bond motifs is 1. The van der Waals surface area contributed by atoms with E-state index in [0.29, 0.717) is 43.9 Å². The Morgan fingerprint density at radius 3 is 2.16 bits per heavy atom. The summed E-state index contributed by atoms with van der Waals surface area (Å²) in [6.07, 6.45) is -7.03. The van der Waals surface area contributed by atoms with E-state index in [-0.39, 0.29) is 25.0 Å². The van der Waals surface area contributed by atoms with Gasteiger partial charge in [0.2, 0.25) is 10.0 Å². The number of nitrogens with zero attached hydrogens (tertiary/aromatic N) is 2. The highest BCUT2D eigenvalue weighted by molar-refractivity contribution is 7.92. The summed E-state index contributed by atoms with van der Waals surface area (Å²) in [5, 5.41) is 0.893. The predicted octanol–water partition coefficient (Wildman–Crippen LogP) is 6.57. The molecule has 45 heavy (non-hydrogen) atoms. The fraction of sp³-hybridized carbons (Fsp3) is 0.300. The molecule has 1 fully saturated rings. The average Bonchev–Trinajstić information content (AvgIpc) is 3.35. The summed E-state index contributed by atoms with van der Waals surface area (Å²) in [5.74, 6) is -0.915. The Balaban J connectivity index is 0.00000461. The normalized spacial score (nSPS) is 16.4. The molecule has 0 aliphatic carbocycles. The first-order valence-corrected chi connectivity index (χ1v) is 15.4. The van der Waals surface area contributed by atoms with Crippen molar-refractivity contribution < 1.29 is 39.6 Å². The number of halogens is 7. The third-order valence-corrected chi connectivity index (χ3v) is 8.06. The molecule has 5 rings (SSSR count). The summed E-state index contributed by atoms with van der Waals surface area (Å²) in [6, 6.07) is 14.6. The molecule has 1 aliphatic heterocycles. The quantitative estimate of drug-likeness (QED) is 0.217. The van der Waals surface area contributed by atoms with E-state index in [1.54, 1.807) is 30.5 Å². The van der Waals surface area contributed by atoms with Crippen LogP contribution in [0.25, 0.3) is 10.9 Å². The van der Waals surface area contributed by atoms with Gasteiger partial charge in [0.05, 0.1) is 17.4 Å². The highest BCUT2D eigenvalue weighted by atomic mass is 35.5. The van der Waals surface area contributed by atoms with Gasteiger partial charge in [0, 0.05) is 60.6 Å². The zero-order chi connectivity index (χ0) is 31.9. The minimum Gasteiger partial charge on any atom is -0.361 e. The predicted molar refractivity (Wildman–Crippen MR) is 161 cm³/mol. The van der Waals surface area contributed by atoms with Crippen LogP contribution in [0, 0.1) is 0 Å². The van der Waals surface area contributed by atoms with E-state index >= 15 is 0 Å². The Bertz CT molecular complexity index is 1740. The molecule has 1 aliphatic rings. The number of piperazine rings is 1. The molecule has 2 N–H and O–H groups in total. The van der Waals surface area contributed by atoms with Gasteiger partial charge in [0.15, 0.2) is 0 Å². The molecule has 0 saturated carbocycles. The first-order chi connectivity index (χ1) is 20.6. The maximum absolute atomic E-state index is 13.7. The lowest BCUT2D eigenvalue weighted by atomic mass is 9.98. The molecule has 1 saturated heterocycles. The number of sulfonamides is 1. The third-order valence-electron chi connectivity index (χ3n) is 7.46. The summed E-state index contributed by atoms with van der Waals surface area (Å²) in [6.45, 7) is 1.09. The van der Waals surface area contributed by atoms with Gasteiger partial charge in [-0.2, -0.15) is 26.3 Å². The van der Waals surface area contributed by atoms with E-state index in [9.17, 15) is 39.6 Å². The molecule has 3 aromatic carbocycles. The van der Waals surface area contributed by atoms with Crippen molar-refractivity contribution in [1.29, 1.82) is 0 Å². The minimum atomic E-state index is -5.08.